The van der Waals surface area contributed by atoms with Crippen molar-refractivity contribution in [3.8, 4) is 17.2 Å². The largest absolute Gasteiger partial charge is 0.497 e. The van der Waals surface area contributed by atoms with Crippen LogP contribution in [0.4, 0.5) is 0 Å². The lowest BCUT2D eigenvalue weighted by molar-refractivity contribution is -0.121. The Morgan fingerprint density at radius 3 is 2.14 bits per heavy atom. The third-order valence-corrected chi connectivity index (χ3v) is 4.50. The van der Waals surface area contributed by atoms with E-state index in [1.54, 1.807) is 51.7 Å². The number of amides is 1. The van der Waals surface area contributed by atoms with Gasteiger partial charge in [0, 0.05) is 30.0 Å². The zero-order valence-corrected chi connectivity index (χ0v) is 16.8. The van der Waals surface area contributed by atoms with Gasteiger partial charge in [-0.25, -0.2) is 0 Å². The van der Waals surface area contributed by atoms with Gasteiger partial charge in [-0.2, -0.15) is 0 Å². The molecule has 0 saturated heterocycles. The Hall–Kier alpha value is -3.02. The Morgan fingerprint density at radius 1 is 0.893 bits per heavy atom. The maximum absolute atomic E-state index is 12.2. The Kier molecular flexibility index (Phi) is 7.87. The van der Waals surface area contributed by atoms with Gasteiger partial charge >= 0.3 is 0 Å². The Balaban J connectivity index is 1.84. The molecule has 150 valence electrons. The van der Waals surface area contributed by atoms with Crippen molar-refractivity contribution in [3.63, 3.8) is 0 Å². The fourth-order valence-electron chi connectivity index (χ4n) is 2.90. The summed E-state index contributed by atoms with van der Waals surface area (Å²) in [5.41, 5.74) is 1.49. The standard InChI is InChI=1S/C22H27NO5/c1-15(19-13-12-18(27-3)14-21(19)28-4)23-22(25)7-5-6-20(24)16-8-10-17(26-2)11-9-16/h8-15H,5-7H2,1-4H3,(H,23,25). The molecule has 1 unspecified atom stereocenters. The third-order valence-electron chi connectivity index (χ3n) is 4.50. The highest BCUT2D eigenvalue weighted by Crippen LogP contribution is 2.29. The van der Waals surface area contributed by atoms with Gasteiger partial charge in [0.05, 0.1) is 27.4 Å². The van der Waals surface area contributed by atoms with Gasteiger partial charge in [-0.15, -0.1) is 0 Å². The van der Waals surface area contributed by atoms with Crippen molar-refractivity contribution in [3.05, 3.63) is 53.6 Å². The molecule has 0 aliphatic carbocycles. The van der Waals surface area contributed by atoms with Gasteiger partial charge in [-0.1, -0.05) is 0 Å². The molecule has 0 saturated carbocycles. The molecule has 0 bridgehead atoms. The molecule has 0 radical (unpaired) electrons. The fourth-order valence-corrected chi connectivity index (χ4v) is 2.90. The molecule has 0 aliphatic rings. The topological polar surface area (TPSA) is 73.9 Å². The molecule has 6 nitrogen and oxygen atoms in total. The summed E-state index contributed by atoms with van der Waals surface area (Å²) in [6.07, 6.45) is 1.09. The Bertz CT molecular complexity index is 801. The number of benzene rings is 2. The molecular formula is C22H27NO5. The van der Waals surface area contributed by atoms with E-state index in [2.05, 4.69) is 5.32 Å². The summed E-state index contributed by atoms with van der Waals surface area (Å²) < 4.78 is 15.7. The first kappa shape index (κ1) is 21.3. The van der Waals surface area contributed by atoms with E-state index >= 15 is 0 Å². The number of Topliss-reactive ketones (excluding diaryl/α,β-unsaturated/α-hetero) is 1. The number of rotatable bonds is 10. The number of methoxy groups -OCH3 is 3. The van der Waals surface area contributed by atoms with Crippen LogP contribution in [0.15, 0.2) is 42.5 Å². The van der Waals surface area contributed by atoms with E-state index in [1.807, 2.05) is 19.1 Å². The molecule has 28 heavy (non-hydrogen) atoms. The third kappa shape index (κ3) is 5.74. The number of ketones is 1. The second-order valence-corrected chi connectivity index (χ2v) is 6.40. The summed E-state index contributed by atoms with van der Waals surface area (Å²) >= 11 is 0. The molecule has 0 spiro atoms. The van der Waals surface area contributed by atoms with Crippen LogP contribution in [0.2, 0.25) is 0 Å². The molecule has 2 rings (SSSR count). The van der Waals surface area contributed by atoms with Gasteiger partial charge in [0.1, 0.15) is 17.2 Å². The molecule has 0 fully saturated rings. The van der Waals surface area contributed by atoms with Crippen molar-refractivity contribution < 1.29 is 23.8 Å². The molecule has 1 amide bonds. The number of hydrogen-bond acceptors (Lipinski definition) is 5. The molecule has 2 aromatic rings. The summed E-state index contributed by atoms with van der Waals surface area (Å²) in [6.45, 7) is 1.89. The van der Waals surface area contributed by atoms with E-state index in [4.69, 9.17) is 14.2 Å². The summed E-state index contributed by atoms with van der Waals surface area (Å²) in [4.78, 5) is 24.5. The molecule has 0 heterocycles. The zero-order chi connectivity index (χ0) is 20.5. The average Bonchev–Trinajstić information content (AvgIpc) is 2.73. The first-order valence-corrected chi connectivity index (χ1v) is 9.17. The highest BCUT2D eigenvalue weighted by molar-refractivity contribution is 5.96. The summed E-state index contributed by atoms with van der Waals surface area (Å²) in [7, 11) is 4.75. The maximum atomic E-state index is 12.2. The van der Waals surface area contributed by atoms with E-state index in [0.717, 1.165) is 5.56 Å². The number of carbonyl (C=O) groups is 2. The first-order valence-electron chi connectivity index (χ1n) is 9.17. The number of nitrogens with one attached hydrogen (secondary N) is 1. The van der Waals surface area contributed by atoms with Crippen LogP contribution in [0.3, 0.4) is 0 Å². The summed E-state index contributed by atoms with van der Waals surface area (Å²) in [5, 5.41) is 2.95. The minimum atomic E-state index is -0.217. The second-order valence-electron chi connectivity index (χ2n) is 6.40. The van der Waals surface area contributed by atoms with Crippen molar-refractivity contribution in [2.24, 2.45) is 0 Å². The van der Waals surface area contributed by atoms with E-state index in [1.165, 1.54) is 0 Å². The minimum Gasteiger partial charge on any atom is -0.497 e. The van der Waals surface area contributed by atoms with Crippen molar-refractivity contribution in [2.75, 3.05) is 21.3 Å². The molecular weight excluding hydrogens is 358 g/mol. The monoisotopic (exact) mass is 385 g/mol. The first-order chi connectivity index (χ1) is 13.5. The normalized spacial score (nSPS) is 11.4. The second kappa shape index (κ2) is 10.3. The molecule has 6 heteroatoms. The van der Waals surface area contributed by atoms with Crippen LogP contribution >= 0.6 is 0 Å². The molecule has 0 aromatic heterocycles. The quantitative estimate of drug-likeness (QED) is 0.627. The zero-order valence-electron chi connectivity index (χ0n) is 16.8. The van der Waals surface area contributed by atoms with Crippen molar-refractivity contribution in [1.29, 1.82) is 0 Å². The van der Waals surface area contributed by atoms with Gasteiger partial charge in [0.2, 0.25) is 5.91 Å². The van der Waals surface area contributed by atoms with Crippen LogP contribution in [0, 0.1) is 0 Å². The molecule has 2 aromatic carbocycles. The van der Waals surface area contributed by atoms with Crippen LogP contribution < -0.4 is 19.5 Å². The molecule has 1 N–H and O–H groups in total. The summed E-state index contributed by atoms with van der Waals surface area (Å²) in [5.74, 6) is 1.96. The van der Waals surface area contributed by atoms with E-state index in [-0.39, 0.29) is 24.2 Å². The number of carbonyl (C=O) groups excluding carboxylic acids is 2. The van der Waals surface area contributed by atoms with Crippen molar-refractivity contribution in [2.45, 2.75) is 32.2 Å². The number of ether oxygens (including phenoxy) is 3. The lowest BCUT2D eigenvalue weighted by atomic mass is 10.0. The van der Waals surface area contributed by atoms with Crippen LogP contribution in [-0.4, -0.2) is 33.0 Å². The molecule has 0 aliphatic heterocycles. The van der Waals surface area contributed by atoms with Gasteiger partial charge in [0.25, 0.3) is 0 Å². The van der Waals surface area contributed by atoms with Crippen LogP contribution in [0.5, 0.6) is 17.2 Å². The predicted octanol–water partition coefficient (Wildman–Crippen LogP) is 3.94. The Labute approximate surface area is 165 Å². The smallest absolute Gasteiger partial charge is 0.220 e. The molecule has 1 atom stereocenters. The van der Waals surface area contributed by atoms with E-state index in [0.29, 0.717) is 35.7 Å². The SMILES string of the molecule is COc1ccc(C(=O)CCCC(=O)NC(C)c2ccc(OC)cc2OC)cc1. The van der Waals surface area contributed by atoms with Gasteiger partial charge in [0.15, 0.2) is 5.78 Å². The maximum Gasteiger partial charge on any atom is 0.220 e. The van der Waals surface area contributed by atoms with E-state index < -0.39 is 0 Å². The van der Waals surface area contributed by atoms with Crippen molar-refractivity contribution >= 4 is 11.7 Å². The highest BCUT2D eigenvalue weighted by Gasteiger charge is 2.15. The lowest BCUT2D eigenvalue weighted by Crippen LogP contribution is -2.26. The average molecular weight is 385 g/mol. The fraction of sp³-hybridized carbons (Fsp3) is 0.364. The highest BCUT2D eigenvalue weighted by atomic mass is 16.5. The summed E-state index contributed by atoms with van der Waals surface area (Å²) in [6, 6.07) is 12.2. The van der Waals surface area contributed by atoms with Crippen LogP contribution in [-0.2, 0) is 4.79 Å². The number of hydrogen-bond donors (Lipinski definition) is 1. The Morgan fingerprint density at radius 2 is 1.54 bits per heavy atom. The van der Waals surface area contributed by atoms with Gasteiger partial charge in [-0.05, 0) is 49.7 Å². The predicted molar refractivity (Wildman–Crippen MR) is 107 cm³/mol. The van der Waals surface area contributed by atoms with Crippen molar-refractivity contribution in [1.82, 2.24) is 5.32 Å². The lowest BCUT2D eigenvalue weighted by Gasteiger charge is -2.18. The minimum absolute atomic E-state index is 0.0142. The van der Waals surface area contributed by atoms with Crippen LogP contribution in [0.25, 0.3) is 0 Å². The van der Waals surface area contributed by atoms with Gasteiger partial charge < -0.3 is 19.5 Å². The van der Waals surface area contributed by atoms with E-state index in [9.17, 15) is 9.59 Å². The van der Waals surface area contributed by atoms with Gasteiger partial charge in [-0.3, -0.25) is 9.59 Å². The van der Waals surface area contributed by atoms with Crippen LogP contribution in [0.1, 0.15) is 48.1 Å².